The minimum atomic E-state index is -1.59. The highest BCUT2D eigenvalue weighted by Crippen LogP contribution is 2.38. The summed E-state index contributed by atoms with van der Waals surface area (Å²) in [7, 11) is 0. The number of nitrogens with one attached hydrogen (secondary N) is 1. The third-order valence-electron chi connectivity index (χ3n) is 8.00. The van der Waals surface area contributed by atoms with E-state index in [2.05, 4.69) is 10.3 Å². The average Bonchev–Trinajstić information content (AvgIpc) is 2.91. The van der Waals surface area contributed by atoms with Crippen LogP contribution in [0.3, 0.4) is 0 Å². The van der Waals surface area contributed by atoms with Gasteiger partial charge in [-0.3, -0.25) is 4.79 Å². The third-order valence-corrected chi connectivity index (χ3v) is 8.00. The van der Waals surface area contributed by atoms with Crippen molar-refractivity contribution in [2.45, 2.75) is 105 Å². The van der Waals surface area contributed by atoms with E-state index in [-0.39, 0.29) is 38.3 Å². The number of guanidine groups is 1. The predicted octanol–water partition coefficient (Wildman–Crippen LogP) is -7.84. The molecule has 0 aromatic rings. The molecule has 2 saturated heterocycles. The zero-order valence-corrected chi connectivity index (χ0v) is 22.6. The van der Waals surface area contributed by atoms with Gasteiger partial charge in [-0.1, -0.05) is 0 Å². The Balaban J connectivity index is 1.95. The van der Waals surface area contributed by atoms with Crippen molar-refractivity contribution in [3.63, 3.8) is 0 Å². The second kappa shape index (κ2) is 14.6. The van der Waals surface area contributed by atoms with Crippen LogP contribution < -0.4 is 39.7 Å². The van der Waals surface area contributed by atoms with Gasteiger partial charge < -0.3 is 84.6 Å². The zero-order chi connectivity index (χ0) is 30.6. The first kappa shape index (κ1) is 33.7. The van der Waals surface area contributed by atoms with Gasteiger partial charge in [0.1, 0.15) is 30.5 Å². The lowest BCUT2D eigenvalue weighted by molar-refractivity contribution is -0.306. The summed E-state index contributed by atoms with van der Waals surface area (Å²) >= 11 is 0. The van der Waals surface area contributed by atoms with E-state index in [1.165, 1.54) is 0 Å². The second-order valence-corrected chi connectivity index (χ2v) is 10.9. The molecule has 2 heterocycles. The van der Waals surface area contributed by atoms with Crippen molar-refractivity contribution in [2.75, 3.05) is 19.7 Å². The van der Waals surface area contributed by atoms with E-state index in [0.29, 0.717) is 0 Å². The molecule has 0 spiro atoms. The van der Waals surface area contributed by atoms with E-state index in [1.807, 2.05) is 0 Å². The Hall–Kier alpha value is -1.78. The average molecular weight is 595 g/mol. The molecule has 18 heteroatoms. The molecule has 0 aromatic carbocycles. The molecule has 1 saturated carbocycles. The maximum atomic E-state index is 12.7. The minimum Gasteiger partial charge on any atom is -0.394 e. The molecule has 18 nitrogen and oxygen atoms in total. The van der Waals surface area contributed by atoms with Crippen LogP contribution in [0, 0.1) is 5.92 Å². The van der Waals surface area contributed by atoms with Crippen LogP contribution in [0.15, 0.2) is 4.99 Å². The van der Waals surface area contributed by atoms with Gasteiger partial charge in [0.2, 0.25) is 5.91 Å². The number of amides is 1. The van der Waals surface area contributed by atoms with Gasteiger partial charge in [-0.05, 0) is 19.4 Å². The number of ether oxygens (including phenoxy) is 3. The summed E-state index contributed by atoms with van der Waals surface area (Å²) in [5.74, 6) is -2.03. The minimum absolute atomic E-state index is 0.0152. The van der Waals surface area contributed by atoms with E-state index in [0.717, 1.165) is 0 Å². The van der Waals surface area contributed by atoms with Crippen LogP contribution in [-0.4, -0.2) is 148 Å². The summed E-state index contributed by atoms with van der Waals surface area (Å²) in [6, 6.07) is -3.99. The molecular weight excluding hydrogens is 548 g/mol. The Labute approximate surface area is 237 Å². The molecule has 3 rings (SSSR count). The van der Waals surface area contributed by atoms with Crippen LogP contribution >= 0.6 is 0 Å². The molecule has 1 aliphatic carbocycles. The summed E-state index contributed by atoms with van der Waals surface area (Å²) in [6.07, 6.45) is -12.9. The van der Waals surface area contributed by atoms with Gasteiger partial charge in [0.25, 0.3) is 0 Å². The summed E-state index contributed by atoms with van der Waals surface area (Å²) in [5, 5.41) is 65.5. The largest absolute Gasteiger partial charge is 0.394 e. The number of aliphatic hydroxyl groups is 6. The van der Waals surface area contributed by atoms with Gasteiger partial charge in [-0.25, -0.2) is 4.99 Å². The maximum Gasteiger partial charge on any atom is 0.249 e. The topological polar surface area (TPSA) is 347 Å². The standard InChI is InChI=1S/C23H46N8O10/c24-2-1-10(33)21(38)30-8-3-7(26)14(19-9(31-23(28)29)4-11(34)12(5-25)39-19)17(36)20(8)41-22-18(37)15(27)16(35)13(6-32)40-22/h7-20,22,32-37H,1-6,24-27H2,(H,30,38)(H4,28,29,31). The molecule has 41 heavy (non-hydrogen) atoms. The van der Waals surface area contributed by atoms with Gasteiger partial charge >= 0.3 is 0 Å². The van der Waals surface area contributed by atoms with Gasteiger partial charge in [0.05, 0.1) is 49.1 Å². The number of aliphatic imine (C=N–C) groups is 1. The number of hydrogen-bond acceptors (Lipinski definition) is 15. The van der Waals surface area contributed by atoms with E-state index in [9.17, 15) is 35.4 Å². The quantitative estimate of drug-likeness (QED) is 0.0824. The fraction of sp³-hybridized carbons (Fsp3) is 0.913. The Kier molecular flexibility index (Phi) is 12.0. The van der Waals surface area contributed by atoms with Crippen molar-refractivity contribution >= 4 is 11.9 Å². The van der Waals surface area contributed by atoms with Gasteiger partial charge in [0, 0.05) is 24.9 Å². The molecule has 0 aromatic heterocycles. The van der Waals surface area contributed by atoms with E-state index in [1.54, 1.807) is 0 Å². The van der Waals surface area contributed by atoms with Crippen LogP contribution in [-0.2, 0) is 19.0 Å². The highest BCUT2D eigenvalue weighted by atomic mass is 16.7. The molecule has 15 unspecified atom stereocenters. The number of hydrogen-bond donors (Lipinski definition) is 13. The monoisotopic (exact) mass is 594 g/mol. The van der Waals surface area contributed by atoms with Crippen molar-refractivity contribution in [3.05, 3.63) is 0 Å². The first-order chi connectivity index (χ1) is 19.3. The normalized spacial score (nSPS) is 44.1. The number of rotatable bonds is 10. The van der Waals surface area contributed by atoms with Crippen molar-refractivity contribution in [1.29, 1.82) is 0 Å². The maximum absolute atomic E-state index is 12.7. The number of carbonyl (C=O) groups is 1. The second-order valence-electron chi connectivity index (χ2n) is 10.9. The molecular formula is C23H46N8O10. The summed E-state index contributed by atoms with van der Waals surface area (Å²) in [6.45, 7) is -0.660. The highest BCUT2D eigenvalue weighted by molar-refractivity contribution is 5.80. The number of aliphatic hydroxyl groups excluding tert-OH is 6. The Morgan fingerprint density at radius 2 is 1.71 bits per heavy atom. The first-order valence-corrected chi connectivity index (χ1v) is 13.6. The third kappa shape index (κ3) is 7.60. The van der Waals surface area contributed by atoms with E-state index >= 15 is 0 Å². The van der Waals surface area contributed by atoms with Crippen LogP contribution in [0.4, 0.5) is 0 Å². The number of nitrogens with zero attached hydrogens (tertiary/aromatic N) is 1. The fourth-order valence-electron chi connectivity index (χ4n) is 5.79. The van der Waals surface area contributed by atoms with Crippen LogP contribution in [0.2, 0.25) is 0 Å². The lowest BCUT2D eigenvalue weighted by Gasteiger charge is -2.51. The fourth-order valence-corrected chi connectivity index (χ4v) is 5.79. The molecule has 238 valence electrons. The molecule has 0 radical (unpaired) electrons. The predicted molar refractivity (Wildman–Crippen MR) is 142 cm³/mol. The van der Waals surface area contributed by atoms with Crippen molar-refractivity contribution in [1.82, 2.24) is 5.32 Å². The molecule has 1 amide bonds. The zero-order valence-electron chi connectivity index (χ0n) is 22.6. The summed E-state index contributed by atoms with van der Waals surface area (Å²) in [4.78, 5) is 16.9. The summed E-state index contributed by atoms with van der Waals surface area (Å²) < 4.78 is 17.6. The van der Waals surface area contributed by atoms with E-state index < -0.39 is 104 Å². The van der Waals surface area contributed by atoms with Crippen LogP contribution in [0.25, 0.3) is 0 Å². The molecule has 2 aliphatic heterocycles. The van der Waals surface area contributed by atoms with Crippen LogP contribution in [0.5, 0.6) is 0 Å². The van der Waals surface area contributed by atoms with Crippen molar-refractivity contribution < 1.29 is 49.6 Å². The van der Waals surface area contributed by atoms with Crippen molar-refractivity contribution in [3.8, 4) is 0 Å². The van der Waals surface area contributed by atoms with Gasteiger partial charge in [-0.15, -0.1) is 0 Å². The number of carbonyl (C=O) groups excluding carboxylic acids is 1. The van der Waals surface area contributed by atoms with Gasteiger partial charge in [0.15, 0.2) is 12.2 Å². The lowest BCUT2D eigenvalue weighted by Crippen LogP contribution is -2.69. The smallest absolute Gasteiger partial charge is 0.249 e. The molecule has 0 bridgehead atoms. The Morgan fingerprint density at radius 1 is 1.02 bits per heavy atom. The Bertz CT molecular complexity index is 885. The van der Waals surface area contributed by atoms with E-state index in [4.69, 9.17) is 48.6 Å². The lowest BCUT2D eigenvalue weighted by atomic mass is 9.72. The molecule has 3 fully saturated rings. The molecule has 3 aliphatic rings. The Morgan fingerprint density at radius 3 is 2.29 bits per heavy atom. The van der Waals surface area contributed by atoms with Gasteiger partial charge in [-0.2, -0.15) is 0 Å². The first-order valence-electron chi connectivity index (χ1n) is 13.6. The summed E-state index contributed by atoms with van der Waals surface area (Å²) in [5.41, 5.74) is 34.9. The number of nitrogens with two attached hydrogens (primary N) is 6. The highest BCUT2D eigenvalue weighted by Gasteiger charge is 2.54. The SMILES string of the molecule is NCCC(O)C(=O)NC1CC(N)C(C2OC(CN)C(O)CC2N=C(N)N)C(O)C1OC1OC(CO)C(O)C(N)C1O. The van der Waals surface area contributed by atoms with Crippen LogP contribution in [0.1, 0.15) is 19.3 Å². The molecule has 19 N–H and O–H groups in total. The van der Waals surface area contributed by atoms with Crippen molar-refractivity contribution in [2.24, 2.45) is 45.3 Å². The molecule has 15 atom stereocenters.